The maximum Gasteiger partial charge on any atom is 0.315 e. The number of furan rings is 1. The Bertz CT molecular complexity index is 480. The summed E-state index contributed by atoms with van der Waals surface area (Å²) in [6, 6.07) is 3.43. The van der Waals surface area contributed by atoms with Gasteiger partial charge in [-0.05, 0) is 38.3 Å². The number of aliphatic carboxylic acids is 1. The van der Waals surface area contributed by atoms with Crippen LogP contribution >= 0.6 is 0 Å². The van der Waals surface area contributed by atoms with Crippen LogP contribution in [0.1, 0.15) is 38.4 Å². The lowest BCUT2D eigenvalue weighted by atomic mass is 9.69. The Labute approximate surface area is 123 Å². The van der Waals surface area contributed by atoms with Gasteiger partial charge in [0, 0.05) is 19.0 Å². The summed E-state index contributed by atoms with van der Waals surface area (Å²) in [4.78, 5) is 23.0. The van der Waals surface area contributed by atoms with E-state index in [4.69, 9.17) is 4.42 Å². The van der Waals surface area contributed by atoms with E-state index >= 15 is 0 Å². The zero-order valence-electron chi connectivity index (χ0n) is 12.2. The van der Waals surface area contributed by atoms with E-state index in [0.717, 1.165) is 25.0 Å². The van der Waals surface area contributed by atoms with Crippen LogP contribution < -0.4 is 10.6 Å². The monoisotopic (exact) mass is 294 g/mol. The Morgan fingerprint density at radius 2 is 2.24 bits per heavy atom. The largest absolute Gasteiger partial charge is 0.481 e. The Hall–Kier alpha value is -1.98. The van der Waals surface area contributed by atoms with Gasteiger partial charge in [-0.15, -0.1) is 0 Å². The maximum absolute atomic E-state index is 11.8. The number of carbonyl (C=O) groups excluding carboxylic acids is 1. The quantitative estimate of drug-likeness (QED) is 0.718. The lowest BCUT2D eigenvalue weighted by Gasteiger charge is -2.37. The minimum atomic E-state index is -0.820. The van der Waals surface area contributed by atoms with E-state index in [-0.39, 0.29) is 18.6 Å². The number of amides is 2. The molecule has 6 nitrogen and oxygen atoms in total. The van der Waals surface area contributed by atoms with Gasteiger partial charge in [-0.3, -0.25) is 4.79 Å². The molecule has 0 spiro atoms. The second kappa shape index (κ2) is 6.65. The van der Waals surface area contributed by atoms with Crippen molar-refractivity contribution in [1.29, 1.82) is 0 Å². The van der Waals surface area contributed by atoms with Gasteiger partial charge in [0.1, 0.15) is 5.76 Å². The molecule has 0 radical (unpaired) electrons. The second-order valence-corrected chi connectivity index (χ2v) is 5.79. The molecule has 3 N–H and O–H groups in total. The Morgan fingerprint density at radius 3 is 2.76 bits per heavy atom. The van der Waals surface area contributed by atoms with Gasteiger partial charge in [0.05, 0.1) is 11.7 Å². The zero-order chi connectivity index (χ0) is 15.3. The highest BCUT2D eigenvalue weighted by Crippen LogP contribution is 2.40. The fourth-order valence-electron chi connectivity index (χ4n) is 2.48. The van der Waals surface area contributed by atoms with Gasteiger partial charge >= 0.3 is 12.0 Å². The fourth-order valence-corrected chi connectivity index (χ4v) is 2.48. The van der Waals surface area contributed by atoms with Crippen LogP contribution in [-0.4, -0.2) is 29.7 Å². The van der Waals surface area contributed by atoms with Gasteiger partial charge in [-0.2, -0.15) is 0 Å². The molecular weight excluding hydrogens is 272 g/mol. The highest BCUT2D eigenvalue weighted by molar-refractivity contribution is 5.78. The third-order valence-electron chi connectivity index (χ3n) is 4.13. The molecule has 1 fully saturated rings. The van der Waals surface area contributed by atoms with Gasteiger partial charge in [0.15, 0.2) is 0 Å². The molecule has 0 saturated heterocycles. The molecule has 6 heteroatoms. The number of rotatable bonds is 7. The molecule has 2 rings (SSSR count). The van der Waals surface area contributed by atoms with Crippen molar-refractivity contribution in [2.75, 3.05) is 6.54 Å². The molecule has 0 aliphatic heterocycles. The lowest BCUT2D eigenvalue weighted by Crippen LogP contribution is -2.50. The van der Waals surface area contributed by atoms with Crippen LogP contribution in [0.15, 0.2) is 22.8 Å². The first kappa shape index (κ1) is 15.4. The van der Waals surface area contributed by atoms with Crippen LogP contribution in [0.2, 0.25) is 0 Å². The van der Waals surface area contributed by atoms with Crippen molar-refractivity contribution in [1.82, 2.24) is 10.6 Å². The molecule has 0 bridgehead atoms. The molecular formula is C15H22N2O4. The predicted octanol–water partition coefficient (Wildman–Crippen LogP) is 2.15. The van der Waals surface area contributed by atoms with Gasteiger partial charge in [-0.1, -0.05) is 6.42 Å². The van der Waals surface area contributed by atoms with Crippen LogP contribution in [0.3, 0.4) is 0 Å². The Morgan fingerprint density at radius 1 is 1.48 bits per heavy atom. The average molecular weight is 294 g/mol. The summed E-state index contributed by atoms with van der Waals surface area (Å²) in [6.45, 7) is 2.11. The smallest absolute Gasteiger partial charge is 0.315 e. The number of urea groups is 1. The number of carbonyl (C=O) groups is 2. The molecule has 1 aliphatic rings. The third-order valence-corrected chi connectivity index (χ3v) is 4.13. The number of hydrogen-bond donors (Lipinski definition) is 3. The maximum atomic E-state index is 11.8. The molecule has 0 aromatic carbocycles. The minimum Gasteiger partial charge on any atom is -0.481 e. The standard InChI is InChI=1S/C15H22N2O4/c1-11(5-6-12-4-2-9-21-12)17-14(20)16-10-15(13(18)19)7-3-8-15/h2,4,9,11H,3,5-8,10H2,1H3,(H,18,19)(H2,16,17,20). The number of carboxylic acids is 1. The van der Waals surface area contributed by atoms with Crippen molar-refractivity contribution in [3.8, 4) is 0 Å². The highest BCUT2D eigenvalue weighted by Gasteiger charge is 2.44. The van der Waals surface area contributed by atoms with E-state index in [0.29, 0.717) is 12.8 Å². The lowest BCUT2D eigenvalue weighted by molar-refractivity contribution is -0.153. The number of aryl methyl sites for hydroxylation is 1. The molecule has 1 heterocycles. The van der Waals surface area contributed by atoms with Gasteiger partial charge in [0.25, 0.3) is 0 Å². The molecule has 2 amide bonds. The first-order valence-electron chi connectivity index (χ1n) is 7.32. The summed E-state index contributed by atoms with van der Waals surface area (Å²) >= 11 is 0. The van der Waals surface area contributed by atoms with Crippen LogP contribution in [0.5, 0.6) is 0 Å². The van der Waals surface area contributed by atoms with Crippen molar-refractivity contribution in [3.63, 3.8) is 0 Å². The SMILES string of the molecule is CC(CCc1ccco1)NC(=O)NCC1(C(=O)O)CCC1. The van der Waals surface area contributed by atoms with Crippen molar-refractivity contribution in [3.05, 3.63) is 24.2 Å². The van der Waals surface area contributed by atoms with E-state index in [9.17, 15) is 14.7 Å². The first-order chi connectivity index (χ1) is 10.0. The first-order valence-corrected chi connectivity index (χ1v) is 7.32. The van der Waals surface area contributed by atoms with Gasteiger partial charge < -0.3 is 20.2 Å². The zero-order valence-corrected chi connectivity index (χ0v) is 12.2. The van der Waals surface area contributed by atoms with E-state index in [1.54, 1.807) is 6.26 Å². The normalized spacial score (nSPS) is 17.6. The second-order valence-electron chi connectivity index (χ2n) is 5.79. The van der Waals surface area contributed by atoms with E-state index in [1.807, 2.05) is 19.1 Å². The molecule has 1 unspecified atom stereocenters. The predicted molar refractivity (Wildman–Crippen MR) is 76.9 cm³/mol. The average Bonchev–Trinajstić information content (AvgIpc) is 2.87. The number of carboxylic acid groups (broad SMARTS) is 1. The van der Waals surface area contributed by atoms with Crippen LogP contribution in [-0.2, 0) is 11.2 Å². The van der Waals surface area contributed by atoms with E-state index < -0.39 is 11.4 Å². The van der Waals surface area contributed by atoms with Gasteiger partial charge in [-0.25, -0.2) is 4.79 Å². The number of hydrogen-bond acceptors (Lipinski definition) is 3. The van der Waals surface area contributed by atoms with E-state index in [2.05, 4.69) is 10.6 Å². The summed E-state index contributed by atoms with van der Waals surface area (Å²) < 4.78 is 5.24. The molecule has 1 aromatic rings. The highest BCUT2D eigenvalue weighted by atomic mass is 16.4. The van der Waals surface area contributed by atoms with Crippen molar-refractivity contribution >= 4 is 12.0 Å². The summed E-state index contributed by atoms with van der Waals surface area (Å²) in [5.74, 6) is 0.0725. The molecule has 21 heavy (non-hydrogen) atoms. The van der Waals surface area contributed by atoms with Crippen LogP contribution in [0.25, 0.3) is 0 Å². The minimum absolute atomic E-state index is 0.00253. The fraction of sp³-hybridized carbons (Fsp3) is 0.600. The van der Waals surface area contributed by atoms with E-state index in [1.165, 1.54) is 0 Å². The van der Waals surface area contributed by atoms with Gasteiger partial charge in [0.2, 0.25) is 0 Å². The molecule has 1 atom stereocenters. The summed E-state index contributed by atoms with van der Waals surface area (Å²) in [5, 5.41) is 14.7. The molecule has 1 aliphatic carbocycles. The van der Waals surface area contributed by atoms with Crippen molar-refractivity contribution in [2.24, 2.45) is 5.41 Å². The molecule has 1 saturated carbocycles. The number of nitrogens with one attached hydrogen (secondary N) is 2. The van der Waals surface area contributed by atoms with Crippen molar-refractivity contribution < 1.29 is 19.1 Å². The third kappa shape index (κ3) is 4.00. The summed E-state index contributed by atoms with van der Waals surface area (Å²) in [5.41, 5.74) is -0.755. The molecule has 1 aromatic heterocycles. The topological polar surface area (TPSA) is 91.6 Å². The van der Waals surface area contributed by atoms with Crippen LogP contribution in [0, 0.1) is 5.41 Å². The van der Waals surface area contributed by atoms with Crippen molar-refractivity contribution in [2.45, 2.75) is 45.1 Å². The van der Waals surface area contributed by atoms with Crippen LogP contribution in [0.4, 0.5) is 4.79 Å². The Kier molecular flexibility index (Phi) is 4.88. The molecule has 116 valence electrons. The summed E-state index contributed by atoms with van der Waals surface area (Å²) in [6.07, 6.45) is 5.34. The Balaban J connectivity index is 1.68. The summed E-state index contributed by atoms with van der Waals surface area (Å²) in [7, 11) is 0.